The van der Waals surface area contributed by atoms with Crippen LogP contribution in [0.3, 0.4) is 0 Å². The number of nitrogens with zero attached hydrogens (tertiary/aromatic N) is 1. The molecular formula is C19H29N3O2. The third kappa shape index (κ3) is 5.34. The highest BCUT2D eigenvalue weighted by Gasteiger charge is 2.23. The van der Waals surface area contributed by atoms with Crippen LogP contribution in [0.1, 0.15) is 50.2 Å². The number of hydrogen-bond acceptors (Lipinski definition) is 3. The van der Waals surface area contributed by atoms with Crippen molar-refractivity contribution in [3.8, 4) is 0 Å². The number of urea groups is 1. The van der Waals surface area contributed by atoms with Crippen LogP contribution in [0.2, 0.25) is 0 Å². The molecule has 0 unspecified atom stereocenters. The molecule has 0 bridgehead atoms. The Kier molecular flexibility index (Phi) is 6.79. The smallest absolute Gasteiger partial charge is 0.307 e. The molecule has 1 aromatic carbocycles. The van der Waals surface area contributed by atoms with E-state index in [1.54, 1.807) is 0 Å². The predicted molar refractivity (Wildman–Crippen MR) is 97.2 cm³/mol. The summed E-state index contributed by atoms with van der Waals surface area (Å²) in [6.07, 6.45) is 5.96. The molecule has 5 heteroatoms. The van der Waals surface area contributed by atoms with Crippen LogP contribution in [0.4, 0.5) is 10.5 Å². The average molecular weight is 331 g/mol. The van der Waals surface area contributed by atoms with Gasteiger partial charge in [-0.1, -0.05) is 37.0 Å². The summed E-state index contributed by atoms with van der Waals surface area (Å²) < 4.78 is 0. The first-order valence-corrected chi connectivity index (χ1v) is 8.90. The first-order chi connectivity index (χ1) is 11.5. The Morgan fingerprint density at radius 2 is 1.67 bits per heavy atom. The van der Waals surface area contributed by atoms with Gasteiger partial charge in [0.25, 0.3) is 0 Å². The molecule has 3 amide bonds. The highest BCUT2D eigenvalue weighted by Crippen LogP contribution is 2.16. The summed E-state index contributed by atoms with van der Waals surface area (Å²) in [6.45, 7) is 7.67. The maximum absolute atomic E-state index is 12.4. The zero-order valence-electron chi connectivity index (χ0n) is 15.0. The molecule has 0 aliphatic carbocycles. The van der Waals surface area contributed by atoms with Gasteiger partial charge in [0.15, 0.2) is 0 Å². The van der Waals surface area contributed by atoms with E-state index >= 15 is 0 Å². The van der Waals surface area contributed by atoms with E-state index in [9.17, 15) is 9.59 Å². The SMILES string of the molecule is Cc1ccc(NC(=O)NC(=O)[C@H](C)N2CCCCCCC2)c(C)c1. The van der Waals surface area contributed by atoms with Crippen LogP contribution in [-0.4, -0.2) is 36.0 Å². The van der Waals surface area contributed by atoms with Crippen LogP contribution < -0.4 is 10.6 Å². The fourth-order valence-electron chi connectivity index (χ4n) is 3.15. The predicted octanol–water partition coefficient (Wildman–Crippen LogP) is 3.61. The zero-order chi connectivity index (χ0) is 17.5. The molecule has 132 valence electrons. The molecule has 1 saturated heterocycles. The summed E-state index contributed by atoms with van der Waals surface area (Å²) >= 11 is 0. The monoisotopic (exact) mass is 331 g/mol. The van der Waals surface area contributed by atoms with Gasteiger partial charge in [0.05, 0.1) is 6.04 Å². The molecule has 2 rings (SSSR count). The van der Waals surface area contributed by atoms with Crippen LogP contribution in [-0.2, 0) is 4.79 Å². The maximum atomic E-state index is 12.4. The third-order valence-electron chi connectivity index (χ3n) is 4.68. The number of carbonyl (C=O) groups is 2. The lowest BCUT2D eigenvalue weighted by Crippen LogP contribution is -2.48. The Bertz CT molecular complexity index is 578. The van der Waals surface area contributed by atoms with Gasteiger partial charge in [-0.25, -0.2) is 4.79 Å². The van der Waals surface area contributed by atoms with Crippen molar-refractivity contribution in [3.63, 3.8) is 0 Å². The largest absolute Gasteiger partial charge is 0.325 e. The Hall–Kier alpha value is -1.88. The minimum Gasteiger partial charge on any atom is -0.307 e. The lowest BCUT2D eigenvalue weighted by atomic mass is 10.1. The Morgan fingerprint density at radius 1 is 1.04 bits per heavy atom. The summed E-state index contributed by atoms with van der Waals surface area (Å²) in [5.74, 6) is -0.238. The maximum Gasteiger partial charge on any atom is 0.325 e. The number of aryl methyl sites for hydroxylation is 2. The molecule has 1 atom stereocenters. The minimum absolute atomic E-state index is 0.238. The van der Waals surface area contributed by atoms with Crippen molar-refractivity contribution >= 4 is 17.6 Å². The number of carbonyl (C=O) groups excluding carboxylic acids is 2. The van der Waals surface area contributed by atoms with Crippen LogP contribution in [0.5, 0.6) is 0 Å². The van der Waals surface area contributed by atoms with E-state index < -0.39 is 6.03 Å². The van der Waals surface area contributed by atoms with Crippen LogP contribution in [0.25, 0.3) is 0 Å². The number of nitrogens with one attached hydrogen (secondary N) is 2. The molecule has 0 spiro atoms. The first kappa shape index (κ1) is 18.5. The lowest BCUT2D eigenvalue weighted by Gasteiger charge is -2.29. The second kappa shape index (κ2) is 8.83. The molecule has 0 saturated carbocycles. The second-order valence-electron chi connectivity index (χ2n) is 6.74. The summed E-state index contributed by atoms with van der Waals surface area (Å²) in [5.41, 5.74) is 2.85. The summed E-state index contributed by atoms with van der Waals surface area (Å²) in [7, 11) is 0. The quantitative estimate of drug-likeness (QED) is 0.889. The van der Waals surface area contributed by atoms with E-state index in [1.165, 1.54) is 19.3 Å². The first-order valence-electron chi connectivity index (χ1n) is 8.90. The number of imide groups is 1. The number of amides is 3. The van der Waals surface area contributed by atoms with Crippen LogP contribution in [0.15, 0.2) is 18.2 Å². The zero-order valence-corrected chi connectivity index (χ0v) is 15.0. The third-order valence-corrected chi connectivity index (χ3v) is 4.68. The number of rotatable bonds is 3. The van der Waals surface area contributed by atoms with E-state index in [2.05, 4.69) is 15.5 Å². The van der Waals surface area contributed by atoms with Crippen molar-refractivity contribution in [2.75, 3.05) is 18.4 Å². The van der Waals surface area contributed by atoms with Crippen molar-refractivity contribution in [3.05, 3.63) is 29.3 Å². The molecule has 1 aromatic rings. The fourth-order valence-corrected chi connectivity index (χ4v) is 3.15. The molecule has 1 fully saturated rings. The van der Waals surface area contributed by atoms with Crippen molar-refractivity contribution in [2.24, 2.45) is 0 Å². The van der Waals surface area contributed by atoms with Crippen molar-refractivity contribution in [1.82, 2.24) is 10.2 Å². The Labute approximate surface area is 144 Å². The molecule has 0 radical (unpaired) electrons. The van der Waals surface area contributed by atoms with Gasteiger partial charge < -0.3 is 5.32 Å². The number of benzene rings is 1. The van der Waals surface area contributed by atoms with E-state index in [0.29, 0.717) is 0 Å². The fraction of sp³-hybridized carbons (Fsp3) is 0.579. The van der Waals surface area contributed by atoms with Gasteiger partial charge >= 0.3 is 6.03 Å². The minimum atomic E-state index is -0.467. The van der Waals surface area contributed by atoms with Gasteiger partial charge in [-0.2, -0.15) is 0 Å². The molecule has 24 heavy (non-hydrogen) atoms. The van der Waals surface area contributed by atoms with Gasteiger partial charge in [0.1, 0.15) is 0 Å². The van der Waals surface area contributed by atoms with Gasteiger partial charge in [-0.05, 0) is 58.3 Å². The summed E-state index contributed by atoms with van der Waals surface area (Å²) in [6, 6.07) is 5.04. The summed E-state index contributed by atoms with van der Waals surface area (Å²) in [4.78, 5) is 26.7. The number of hydrogen-bond donors (Lipinski definition) is 2. The van der Waals surface area contributed by atoms with Gasteiger partial charge in [-0.15, -0.1) is 0 Å². The molecule has 1 aliphatic heterocycles. The normalized spacial score (nSPS) is 17.5. The van der Waals surface area contributed by atoms with Gasteiger partial charge in [0, 0.05) is 5.69 Å². The van der Waals surface area contributed by atoms with E-state index in [1.807, 2.05) is 39.0 Å². The highest BCUT2D eigenvalue weighted by atomic mass is 16.2. The molecule has 1 aliphatic rings. The molecular weight excluding hydrogens is 302 g/mol. The molecule has 2 N–H and O–H groups in total. The van der Waals surface area contributed by atoms with Crippen LogP contribution >= 0.6 is 0 Å². The second-order valence-corrected chi connectivity index (χ2v) is 6.74. The Morgan fingerprint density at radius 3 is 2.29 bits per heavy atom. The van der Waals surface area contributed by atoms with Crippen molar-refractivity contribution in [2.45, 2.75) is 58.9 Å². The van der Waals surface area contributed by atoms with Gasteiger partial charge in [-0.3, -0.25) is 15.0 Å². The Balaban J connectivity index is 1.88. The highest BCUT2D eigenvalue weighted by molar-refractivity contribution is 6.03. The molecule has 1 heterocycles. The molecule has 5 nitrogen and oxygen atoms in total. The van der Waals surface area contributed by atoms with Crippen molar-refractivity contribution in [1.29, 1.82) is 0 Å². The molecule has 0 aromatic heterocycles. The summed E-state index contributed by atoms with van der Waals surface area (Å²) in [5, 5.41) is 5.23. The number of anilines is 1. The van der Waals surface area contributed by atoms with Gasteiger partial charge in [0.2, 0.25) is 5.91 Å². The van der Waals surface area contributed by atoms with Crippen molar-refractivity contribution < 1.29 is 9.59 Å². The van der Waals surface area contributed by atoms with Crippen LogP contribution in [0, 0.1) is 13.8 Å². The topological polar surface area (TPSA) is 61.4 Å². The standard InChI is InChI=1S/C19H29N3O2/c1-14-9-10-17(15(2)13-14)20-19(24)21-18(23)16(3)22-11-7-5-4-6-8-12-22/h9-10,13,16H,4-8,11-12H2,1-3H3,(H2,20,21,23,24)/t16-/m0/s1. The average Bonchev–Trinajstić information content (AvgIpc) is 2.49. The number of likely N-dealkylation sites (tertiary alicyclic amines) is 1. The van der Waals surface area contributed by atoms with E-state index in [-0.39, 0.29) is 11.9 Å². The van der Waals surface area contributed by atoms with E-state index in [0.717, 1.165) is 42.7 Å². The lowest BCUT2D eigenvalue weighted by molar-refractivity contribution is -0.124. The van der Waals surface area contributed by atoms with E-state index in [4.69, 9.17) is 0 Å².